The van der Waals surface area contributed by atoms with Crippen molar-refractivity contribution in [2.45, 2.75) is 19.3 Å². The second-order valence-corrected chi connectivity index (χ2v) is 5.58. The van der Waals surface area contributed by atoms with Gasteiger partial charge in [0, 0.05) is 0 Å². The minimum absolute atomic E-state index is 0. The van der Waals surface area contributed by atoms with Crippen LogP contribution in [0.1, 0.15) is 18.4 Å². The zero-order valence-corrected chi connectivity index (χ0v) is 13.3. The second kappa shape index (κ2) is 9.43. The van der Waals surface area contributed by atoms with E-state index < -0.39 is 5.97 Å². The molecule has 2 rings (SSSR count). The van der Waals surface area contributed by atoms with Gasteiger partial charge in [0.05, 0.1) is 6.54 Å². The summed E-state index contributed by atoms with van der Waals surface area (Å²) >= 11 is 0. The quantitative estimate of drug-likeness (QED) is 0.832. The molecule has 22 heavy (non-hydrogen) atoms. The Morgan fingerprint density at radius 3 is 2.41 bits per heavy atom. The molecule has 1 saturated heterocycles. The zero-order valence-electron chi connectivity index (χ0n) is 12.5. The molecule has 5 nitrogen and oxygen atoms in total. The molecule has 0 unspecified atom stereocenters. The number of nitrogens with zero attached hydrogens (tertiary/aromatic N) is 1. The number of benzene rings is 1. The summed E-state index contributed by atoms with van der Waals surface area (Å²) in [6, 6.07) is 10.5. The first-order valence-electron chi connectivity index (χ1n) is 7.38. The maximum absolute atomic E-state index is 11.6. The Bertz CT molecular complexity index is 474. The van der Waals surface area contributed by atoms with Crippen molar-refractivity contribution in [3.05, 3.63) is 35.9 Å². The average Bonchev–Trinajstić information content (AvgIpc) is 2.48. The van der Waals surface area contributed by atoms with E-state index >= 15 is 0 Å². The monoisotopic (exact) mass is 326 g/mol. The van der Waals surface area contributed by atoms with E-state index in [4.69, 9.17) is 5.11 Å². The molecule has 0 saturated carbocycles. The summed E-state index contributed by atoms with van der Waals surface area (Å²) < 4.78 is 0. The maximum atomic E-state index is 11.6. The van der Waals surface area contributed by atoms with Crippen molar-refractivity contribution in [1.29, 1.82) is 0 Å². The van der Waals surface area contributed by atoms with E-state index in [1.165, 1.54) is 5.56 Å². The smallest absolute Gasteiger partial charge is 0.322 e. The number of piperidine rings is 1. The molecule has 122 valence electrons. The third-order valence-electron chi connectivity index (χ3n) is 3.88. The number of hydrogen-bond donors (Lipinski definition) is 2. The van der Waals surface area contributed by atoms with Crippen LogP contribution in [0.5, 0.6) is 0 Å². The molecule has 2 N–H and O–H groups in total. The van der Waals surface area contributed by atoms with E-state index in [0.717, 1.165) is 32.4 Å². The van der Waals surface area contributed by atoms with Crippen molar-refractivity contribution in [2.75, 3.05) is 26.2 Å². The summed E-state index contributed by atoms with van der Waals surface area (Å²) in [4.78, 5) is 24.1. The van der Waals surface area contributed by atoms with Crippen LogP contribution in [0.3, 0.4) is 0 Å². The standard InChI is InChI=1S/C16H22N2O3.ClH/c19-15(17-11-16(20)21)12-18-8-6-14(7-9-18)10-13-4-2-1-3-5-13;/h1-5,14H,6-12H2,(H,17,19)(H,20,21);1H. The summed E-state index contributed by atoms with van der Waals surface area (Å²) in [5, 5.41) is 10.9. The van der Waals surface area contributed by atoms with E-state index in [-0.39, 0.29) is 24.9 Å². The molecule has 0 aliphatic carbocycles. The molecule has 0 atom stereocenters. The fourth-order valence-corrected chi connectivity index (χ4v) is 2.73. The minimum atomic E-state index is -1.01. The molecule has 0 spiro atoms. The number of carbonyl (C=O) groups excluding carboxylic acids is 1. The molecule has 0 radical (unpaired) electrons. The van der Waals surface area contributed by atoms with E-state index in [9.17, 15) is 9.59 Å². The van der Waals surface area contributed by atoms with Crippen LogP contribution in [0.15, 0.2) is 30.3 Å². The summed E-state index contributed by atoms with van der Waals surface area (Å²) in [5.74, 6) is -0.547. The first kappa shape index (κ1) is 18.5. The van der Waals surface area contributed by atoms with Crippen molar-refractivity contribution >= 4 is 24.3 Å². The number of rotatable bonds is 6. The van der Waals surface area contributed by atoms with Gasteiger partial charge in [-0.1, -0.05) is 30.3 Å². The lowest BCUT2D eigenvalue weighted by molar-refractivity contribution is -0.138. The molecule has 6 heteroatoms. The number of carboxylic acids is 1. The Labute approximate surface area is 137 Å². The number of amides is 1. The Morgan fingerprint density at radius 2 is 1.82 bits per heavy atom. The average molecular weight is 327 g/mol. The first-order chi connectivity index (χ1) is 10.1. The highest BCUT2D eigenvalue weighted by molar-refractivity contribution is 5.85. The molecule has 1 amide bonds. The number of nitrogens with one attached hydrogen (secondary N) is 1. The van der Waals surface area contributed by atoms with Crippen molar-refractivity contribution in [2.24, 2.45) is 5.92 Å². The molecule has 0 bridgehead atoms. The van der Waals surface area contributed by atoms with Crippen molar-refractivity contribution in [3.63, 3.8) is 0 Å². The largest absolute Gasteiger partial charge is 0.480 e. The molecule has 1 aromatic carbocycles. The lowest BCUT2D eigenvalue weighted by Gasteiger charge is -2.31. The summed E-state index contributed by atoms with van der Waals surface area (Å²) in [6.07, 6.45) is 3.27. The van der Waals surface area contributed by atoms with Crippen LogP contribution in [0.2, 0.25) is 0 Å². The van der Waals surface area contributed by atoms with E-state index in [2.05, 4.69) is 34.5 Å². The number of halogens is 1. The van der Waals surface area contributed by atoms with Gasteiger partial charge in [0.25, 0.3) is 0 Å². The highest BCUT2D eigenvalue weighted by Crippen LogP contribution is 2.21. The van der Waals surface area contributed by atoms with Gasteiger partial charge in [-0.05, 0) is 43.8 Å². The molecule has 1 fully saturated rings. The van der Waals surface area contributed by atoms with Gasteiger partial charge in [0.2, 0.25) is 5.91 Å². The number of hydrogen-bond acceptors (Lipinski definition) is 3. The van der Waals surface area contributed by atoms with Gasteiger partial charge < -0.3 is 10.4 Å². The van der Waals surface area contributed by atoms with Gasteiger partial charge in [-0.3, -0.25) is 14.5 Å². The van der Waals surface area contributed by atoms with Crippen molar-refractivity contribution < 1.29 is 14.7 Å². The van der Waals surface area contributed by atoms with Crippen molar-refractivity contribution in [1.82, 2.24) is 10.2 Å². The number of aliphatic carboxylic acids is 1. The van der Waals surface area contributed by atoms with Gasteiger partial charge in [-0.15, -0.1) is 12.4 Å². The third-order valence-corrected chi connectivity index (χ3v) is 3.88. The Kier molecular flexibility index (Phi) is 7.91. The van der Waals surface area contributed by atoms with Crippen LogP contribution in [0, 0.1) is 5.92 Å². The van der Waals surface area contributed by atoms with Gasteiger partial charge in [0.1, 0.15) is 6.54 Å². The predicted molar refractivity (Wildman–Crippen MR) is 87.2 cm³/mol. The molecule has 1 aromatic rings. The van der Waals surface area contributed by atoms with E-state index in [0.29, 0.717) is 12.5 Å². The first-order valence-corrected chi connectivity index (χ1v) is 7.38. The van der Waals surface area contributed by atoms with Gasteiger partial charge in [0.15, 0.2) is 0 Å². The van der Waals surface area contributed by atoms with Crippen LogP contribution in [0.25, 0.3) is 0 Å². The molecule has 1 aliphatic heterocycles. The van der Waals surface area contributed by atoms with Crippen LogP contribution in [0.4, 0.5) is 0 Å². The number of carboxylic acid groups (broad SMARTS) is 1. The third kappa shape index (κ3) is 6.45. The lowest BCUT2D eigenvalue weighted by atomic mass is 9.90. The topological polar surface area (TPSA) is 69.6 Å². The molecular weight excluding hydrogens is 304 g/mol. The number of likely N-dealkylation sites (tertiary alicyclic amines) is 1. The summed E-state index contributed by atoms with van der Waals surface area (Å²) in [5.41, 5.74) is 1.37. The number of carbonyl (C=O) groups is 2. The highest BCUT2D eigenvalue weighted by atomic mass is 35.5. The van der Waals surface area contributed by atoms with Crippen LogP contribution in [-0.2, 0) is 16.0 Å². The fraction of sp³-hybridized carbons (Fsp3) is 0.500. The Balaban J connectivity index is 0.00000242. The van der Waals surface area contributed by atoms with E-state index in [1.807, 2.05) is 6.07 Å². The second-order valence-electron chi connectivity index (χ2n) is 5.58. The molecule has 0 aromatic heterocycles. The normalized spacial score (nSPS) is 15.8. The predicted octanol–water partition coefficient (Wildman–Crippen LogP) is 1.56. The molecule has 1 heterocycles. The zero-order chi connectivity index (χ0) is 15.1. The SMILES string of the molecule is Cl.O=C(O)CNC(=O)CN1CCC(Cc2ccccc2)CC1. The van der Waals surface area contributed by atoms with Gasteiger partial charge >= 0.3 is 5.97 Å². The van der Waals surface area contributed by atoms with Gasteiger partial charge in [-0.2, -0.15) is 0 Å². The van der Waals surface area contributed by atoms with Crippen LogP contribution in [-0.4, -0.2) is 48.1 Å². The highest BCUT2D eigenvalue weighted by Gasteiger charge is 2.21. The Morgan fingerprint density at radius 1 is 1.18 bits per heavy atom. The Hall–Kier alpha value is -1.59. The minimum Gasteiger partial charge on any atom is -0.480 e. The summed E-state index contributed by atoms with van der Waals surface area (Å²) in [6.45, 7) is 1.80. The summed E-state index contributed by atoms with van der Waals surface area (Å²) in [7, 11) is 0. The lowest BCUT2D eigenvalue weighted by Crippen LogP contribution is -2.42. The van der Waals surface area contributed by atoms with Crippen LogP contribution >= 0.6 is 12.4 Å². The molecule has 1 aliphatic rings. The van der Waals surface area contributed by atoms with Gasteiger partial charge in [-0.25, -0.2) is 0 Å². The maximum Gasteiger partial charge on any atom is 0.322 e. The van der Waals surface area contributed by atoms with Crippen molar-refractivity contribution in [3.8, 4) is 0 Å². The van der Waals surface area contributed by atoms with Crippen LogP contribution < -0.4 is 5.32 Å². The molecular formula is C16H23ClN2O3. The van der Waals surface area contributed by atoms with E-state index in [1.54, 1.807) is 0 Å². The fourth-order valence-electron chi connectivity index (χ4n) is 2.73.